The van der Waals surface area contributed by atoms with Gasteiger partial charge in [-0.2, -0.15) is 0 Å². The molecule has 2 aliphatic heterocycles. The summed E-state index contributed by atoms with van der Waals surface area (Å²) in [5, 5.41) is 0.551. The van der Waals surface area contributed by atoms with Crippen LogP contribution in [0.1, 0.15) is 24.8 Å². The van der Waals surface area contributed by atoms with Crippen molar-refractivity contribution in [3.8, 4) is 0 Å². The van der Waals surface area contributed by atoms with Crippen molar-refractivity contribution in [3.05, 3.63) is 28.8 Å². The molecule has 2 heterocycles. The molecule has 0 radical (unpaired) electrons. The second-order valence-electron chi connectivity index (χ2n) is 6.75. The maximum atomic E-state index is 11.9. The normalized spacial score (nSPS) is 24.4. The molecule has 2 aliphatic rings. The summed E-state index contributed by atoms with van der Waals surface area (Å²) < 4.78 is 0. The minimum absolute atomic E-state index is 0.00208. The molecule has 0 aromatic heterocycles. The van der Waals surface area contributed by atoms with Crippen LogP contribution in [0.4, 0.5) is 5.69 Å². The van der Waals surface area contributed by atoms with Gasteiger partial charge in [0.1, 0.15) is 0 Å². The summed E-state index contributed by atoms with van der Waals surface area (Å²) in [4.78, 5) is 27.9. The fraction of sp³-hybridized carbons (Fsp3) is 0.556. The van der Waals surface area contributed by atoms with E-state index in [1.807, 2.05) is 12.1 Å². The van der Waals surface area contributed by atoms with Crippen LogP contribution in [0.5, 0.6) is 0 Å². The molecule has 0 saturated carbocycles. The lowest BCUT2D eigenvalue weighted by molar-refractivity contribution is -0.121. The van der Waals surface area contributed by atoms with Crippen molar-refractivity contribution < 1.29 is 9.59 Å². The number of carbonyl (C=O) groups is 2. The first-order valence-electron chi connectivity index (χ1n) is 8.36. The highest BCUT2D eigenvalue weighted by atomic mass is 35.5. The molecule has 6 heteroatoms. The van der Waals surface area contributed by atoms with Crippen molar-refractivity contribution in [2.75, 3.05) is 32.1 Å². The number of halogens is 1. The van der Waals surface area contributed by atoms with Gasteiger partial charge in [-0.25, -0.2) is 0 Å². The lowest BCUT2D eigenvalue weighted by Gasteiger charge is -2.25. The second kappa shape index (κ2) is 7.46. The molecule has 130 valence electrons. The maximum Gasteiger partial charge on any atom is 0.197 e. The van der Waals surface area contributed by atoms with E-state index in [0.29, 0.717) is 12.5 Å². The largest absolute Gasteiger partial charge is 0.370 e. The average molecular weight is 367 g/mol. The first-order chi connectivity index (χ1) is 11.5. The number of carbonyl (C=O) groups excluding carboxylic acids is 2. The van der Waals surface area contributed by atoms with Crippen LogP contribution in [-0.2, 0) is 16.0 Å². The third kappa shape index (κ3) is 3.79. The van der Waals surface area contributed by atoms with Gasteiger partial charge in [-0.05, 0) is 51.1 Å². The Kier molecular flexibility index (Phi) is 5.52. The molecular formula is C18H23ClN2O2S. The fourth-order valence-corrected chi connectivity index (χ4v) is 4.75. The van der Waals surface area contributed by atoms with Crippen molar-refractivity contribution >= 4 is 39.9 Å². The summed E-state index contributed by atoms with van der Waals surface area (Å²) in [6, 6.07) is 6.58. The minimum atomic E-state index is -0.199. The Morgan fingerprint density at radius 3 is 2.75 bits per heavy atom. The highest BCUT2D eigenvalue weighted by molar-refractivity contribution is 8.15. The van der Waals surface area contributed by atoms with Crippen LogP contribution >= 0.6 is 23.4 Å². The molecule has 2 saturated heterocycles. The highest BCUT2D eigenvalue weighted by Crippen LogP contribution is 2.34. The molecule has 4 nitrogen and oxygen atoms in total. The molecule has 3 rings (SSSR count). The van der Waals surface area contributed by atoms with E-state index < -0.39 is 0 Å². The van der Waals surface area contributed by atoms with E-state index in [2.05, 4.69) is 30.0 Å². The summed E-state index contributed by atoms with van der Waals surface area (Å²) in [5.41, 5.74) is 2.28. The summed E-state index contributed by atoms with van der Waals surface area (Å²) in [6.07, 6.45) is 2.64. The highest BCUT2D eigenvalue weighted by Gasteiger charge is 2.32. The molecule has 0 amide bonds. The molecule has 1 unspecified atom stereocenters. The zero-order chi connectivity index (χ0) is 17.3. The summed E-state index contributed by atoms with van der Waals surface area (Å²) in [5.74, 6) is 0.0625. The van der Waals surface area contributed by atoms with Gasteiger partial charge in [0.25, 0.3) is 0 Å². The topological polar surface area (TPSA) is 40.6 Å². The van der Waals surface area contributed by atoms with E-state index in [-0.39, 0.29) is 22.6 Å². The first-order valence-corrected chi connectivity index (χ1v) is 9.62. The van der Waals surface area contributed by atoms with Crippen LogP contribution < -0.4 is 4.90 Å². The van der Waals surface area contributed by atoms with Gasteiger partial charge in [0.2, 0.25) is 0 Å². The lowest BCUT2D eigenvalue weighted by atomic mass is 10.0. The van der Waals surface area contributed by atoms with Crippen LogP contribution in [0.2, 0.25) is 5.02 Å². The minimum Gasteiger partial charge on any atom is -0.370 e. The van der Waals surface area contributed by atoms with Crippen molar-refractivity contribution in [3.63, 3.8) is 0 Å². The molecule has 0 bridgehead atoms. The number of hydrogen-bond acceptors (Lipinski definition) is 5. The van der Waals surface area contributed by atoms with Crippen molar-refractivity contribution in [1.82, 2.24) is 4.90 Å². The Morgan fingerprint density at radius 2 is 2.12 bits per heavy atom. The van der Waals surface area contributed by atoms with Crippen LogP contribution in [0, 0.1) is 0 Å². The average Bonchev–Trinajstić information content (AvgIpc) is 3.13. The number of ketones is 1. The molecule has 2 atom stereocenters. The van der Waals surface area contributed by atoms with Gasteiger partial charge in [0, 0.05) is 29.8 Å². The zero-order valence-corrected chi connectivity index (χ0v) is 15.7. The number of benzene rings is 1. The third-order valence-electron chi connectivity index (χ3n) is 4.94. The van der Waals surface area contributed by atoms with Crippen LogP contribution in [0.25, 0.3) is 0 Å². The first kappa shape index (κ1) is 17.8. The van der Waals surface area contributed by atoms with Gasteiger partial charge in [0.15, 0.2) is 10.9 Å². The quantitative estimate of drug-likeness (QED) is 0.749. The standard InChI is InChI=1S/C18H23ClN2O2S/c1-20(2)12-8-9-21(11-12)15-5-3-4-14(19)13(15)6-7-17-16(22)10-18(23)24-17/h3-5,12,17H,6-11H2,1-2H3/t12-,17?/m0/s1. The predicted octanol–water partition coefficient (Wildman–Crippen LogP) is 3.01. The van der Waals surface area contributed by atoms with E-state index in [1.54, 1.807) is 0 Å². The maximum absolute atomic E-state index is 11.9. The zero-order valence-electron chi connectivity index (χ0n) is 14.1. The van der Waals surface area contributed by atoms with E-state index in [0.717, 1.165) is 36.5 Å². The number of Topliss-reactive ketones (excluding diaryl/α,β-unsaturated/α-hetero) is 1. The van der Waals surface area contributed by atoms with Gasteiger partial charge in [-0.15, -0.1) is 0 Å². The Hall–Kier alpha value is -1.04. The predicted molar refractivity (Wildman–Crippen MR) is 100 cm³/mol. The molecule has 0 spiro atoms. The number of rotatable bonds is 5. The van der Waals surface area contributed by atoms with Gasteiger partial charge in [-0.3, -0.25) is 9.59 Å². The van der Waals surface area contributed by atoms with Crippen molar-refractivity contribution in [2.45, 2.75) is 37.0 Å². The molecule has 0 aliphatic carbocycles. The van der Waals surface area contributed by atoms with E-state index in [9.17, 15) is 9.59 Å². The SMILES string of the molecule is CN(C)[C@H]1CCN(c2cccc(Cl)c2CCC2SC(=O)CC2=O)C1. The number of nitrogens with zero attached hydrogens (tertiary/aromatic N) is 2. The molecule has 1 aromatic rings. The molecule has 1 aromatic carbocycles. The number of likely N-dealkylation sites (N-methyl/N-ethyl adjacent to an activating group) is 1. The van der Waals surface area contributed by atoms with E-state index >= 15 is 0 Å². The molecule has 0 N–H and O–H groups in total. The van der Waals surface area contributed by atoms with Crippen LogP contribution in [-0.4, -0.2) is 54.3 Å². The number of hydrogen-bond donors (Lipinski definition) is 0. The Labute approximate surface area is 152 Å². The van der Waals surface area contributed by atoms with Crippen LogP contribution in [0.3, 0.4) is 0 Å². The van der Waals surface area contributed by atoms with E-state index in [4.69, 9.17) is 11.6 Å². The van der Waals surface area contributed by atoms with Crippen LogP contribution in [0.15, 0.2) is 18.2 Å². The summed E-state index contributed by atoms with van der Waals surface area (Å²) in [6.45, 7) is 2.02. The number of anilines is 1. The Balaban J connectivity index is 1.73. The smallest absolute Gasteiger partial charge is 0.197 e. The molecule has 24 heavy (non-hydrogen) atoms. The second-order valence-corrected chi connectivity index (χ2v) is 8.42. The van der Waals surface area contributed by atoms with Gasteiger partial charge in [0.05, 0.1) is 11.7 Å². The third-order valence-corrected chi connectivity index (χ3v) is 6.48. The summed E-state index contributed by atoms with van der Waals surface area (Å²) in [7, 11) is 4.24. The fourth-order valence-electron chi connectivity index (χ4n) is 3.49. The molecule has 2 fully saturated rings. The molecular weight excluding hydrogens is 344 g/mol. The number of thioether (sulfide) groups is 1. The summed E-state index contributed by atoms with van der Waals surface area (Å²) >= 11 is 7.65. The lowest BCUT2D eigenvalue weighted by Crippen LogP contribution is -2.31. The van der Waals surface area contributed by atoms with Crippen molar-refractivity contribution in [2.24, 2.45) is 0 Å². The Morgan fingerprint density at radius 1 is 1.33 bits per heavy atom. The van der Waals surface area contributed by atoms with Crippen molar-refractivity contribution in [1.29, 1.82) is 0 Å². The van der Waals surface area contributed by atoms with E-state index in [1.165, 1.54) is 17.4 Å². The van der Waals surface area contributed by atoms with Gasteiger partial charge >= 0.3 is 0 Å². The monoisotopic (exact) mass is 366 g/mol. The van der Waals surface area contributed by atoms with Gasteiger partial charge in [-0.1, -0.05) is 29.4 Å². The Bertz CT molecular complexity index is 650. The van der Waals surface area contributed by atoms with Gasteiger partial charge < -0.3 is 9.80 Å².